The molecule has 0 aliphatic carbocycles. The van der Waals surface area contributed by atoms with Gasteiger partial charge >= 0.3 is 5.97 Å². The molecule has 0 saturated carbocycles. The average molecular weight is 278 g/mol. The first-order valence-electron chi connectivity index (χ1n) is 6.73. The van der Waals surface area contributed by atoms with Gasteiger partial charge in [0.25, 0.3) is 0 Å². The lowest BCUT2D eigenvalue weighted by atomic mass is 10.0. The highest BCUT2D eigenvalue weighted by molar-refractivity contribution is 5.85. The molecule has 0 aromatic heterocycles. The predicted octanol–water partition coefficient (Wildman–Crippen LogP) is 1.30. The zero-order chi connectivity index (χ0) is 15.1. The summed E-state index contributed by atoms with van der Waals surface area (Å²) >= 11 is 0. The number of amides is 1. The molecule has 0 heterocycles. The van der Waals surface area contributed by atoms with Gasteiger partial charge in [0.15, 0.2) is 0 Å². The van der Waals surface area contributed by atoms with Crippen molar-refractivity contribution in [2.24, 2.45) is 11.7 Å². The van der Waals surface area contributed by atoms with Crippen molar-refractivity contribution in [2.75, 3.05) is 0 Å². The summed E-state index contributed by atoms with van der Waals surface area (Å²) in [5.74, 6) is -1.09. The Balaban J connectivity index is 2.68. The summed E-state index contributed by atoms with van der Waals surface area (Å²) in [6.07, 6.45) is 0.564. The van der Waals surface area contributed by atoms with Gasteiger partial charge in [-0.1, -0.05) is 38.1 Å². The third-order valence-corrected chi connectivity index (χ3v) is 3.03. The number of hydrogen-bond acceptors (Lipinski definition) is 3. The zero-order valence-electron chi connectivity index (χ0n) is 11.9. The molecule has 5 nitrogen and oxygen atoms in total. The highest BCUT2D eigenvalue weighted by Crippen LogP contribution is 2.10. The van der Waals surface area contributed by atoms with Crippen LogP contribution >= 0.6 is 0 Å². The van der Waals surface area contributed by atoms with Crippen LogP contribution < -0.4 is 11.1 Å². The van der Waals surface area contributed by atoms with E-state index in [2.05, 4.69) is 5.32 Å². The number of aliphatic carboxylic acids is 1. The molecule has 0 aliphatic rings. The number of benzene rings is 1. The molecule has 0 aliphatic heterocycles. The molecule has 0 spiro atoms. The Morgan fingerprint density at radius 2 is 1.85 bits per heavy atom. The smallest absolute Gasteiger partial charge is 0.326 e. The second kappa shape index (κ2) is 7.65. The number of rotatable bonds is 7. The Kier molecular flexibility index (Phi) is 6.18. The summed E-state index contributed by atoms with van der Waals surface area (Å²) in [5.41, 5.74) is 7.35. The Labute approximate surface area is 119 Å². The van der Waals surface area contributed by atoms with E-state index in [9.17, 15) is 9.59 Å². The molecule has 5 heteroatoms. The maximum absolute atomic E-state index is 12.0. The van der Waals surface area contributed by atoms with E-state index < -0.39 is 12.0 Å². The molecule has 0 saturated heterocycles. The first-order valence-corrected chi connectivity index (χ1v) is 6.73. The molecule has 20 heavy (non-hydrogen) atoms. The molecule has 1 amide bonds. The fourth-order valence-corrected chi connectivity index (χ4v) is 2.04. The minimum Gasteiger partial charge on any atom is -0.480 e. The minimum atomic E-state index is -1.00. The number of nitrogens with one attached hydrogen (secondary N) is 1. The lowest BCUT2D eigenvalue weighted by molar-refractivity contribution is -0.142. The van der Waals surface area contributed by atoms with Crippen LogP contribution in [0.5, 0.6) is 0 Å². The molecule has 1 unspecified atom stereocenters. The number of hydrogen-bond donors (Lipinski definition) is 3. The zero-order valence-corrected chi connectivity index (χ0v) is 11.9. The largest absolute Gasteiger partial charge is 0.480 e. The third kappa shape index (κ3) is 5.01. The van der Waals surface area contributed by atoms with Gasteiger partial charge in [-0.05, 0) is 23.5 Å². The van der Waals surface area contributed by atoms with Crippen molar-refractivity contribution in [2.45, 2.75) is 39.3 Å². The van der Waals surface area contributed by atoms with E-state index in [0.717, 1.165) is 11.1 Å². The van der Waals surface area contributed by atoms with Crippen molar-refractivity contribution >= 4 is 11.9 Å². The summed E-state index contributed by atoms with van der Waals surface area (Å²) in [5, 5.41) is 11.7. The summed E-state index contributed by atoms with van der Waals surface area (Å²) in [6.45, 7) is 4.20. The monoisotopic (exact) mass is 278 g/mol. The van der Waals surface area contributed by atoms with Crippen molar-refractivity contribution in [3.63, 3.8) is 0 Å². The number of carbonyl (C=O) groups excluding carboxylic acids is 1. The van der Waals surface area contributed by atoms with Crippen molar-refractivity contribution in [3.05, 3.63) is 35.4 Å². The van der Waals surface area contributed by atoms with Crippen LogP contribution in [0.3, 0.4) is 0 Å². The van der Waals surface area contributed by atoms with Crippen molar-refractivity contribution in [1.29, 1.82) is 0 Å². The molecular formula is C15H22N2O3. The fourth-order valence-electron chi connectivity index (χ4n) is 2.04. The van der Waals surface area contributed by atoms with Gasteiger partial charge in [0.2, 0.25) is 5.91 Å². The van der Waals surface area contributed by atoms with E-state index in [1.165, 1.54) is 0 Å². The molecule has 1 aromatic carbocycles. The van der Waals surface area contributed by atoms with Gasteiger partial charge in [-0.3, -0.25) is 4.79 Å². The summed E-state index contributed by atoms with van der Waals surface area (Å²) in [6, 6.07) is 6.56. The highest BCUT2D eigenvalue weighted by Gasteiger charge is 2.21. The van der Waals surface area contributed by atoms with Crippen LogP contribution in [0.1, 0.15) is 31.4 Å². The molecule has 4 N–H and O–H groups in total. The molecule has 0 radical (unpaired) electrons. The second-order valence-electron chi connectivity index (χ2n) is 5.24. The highest BCUT2D eigenvalue weighted by atomic mass is 16.4. The van der Waals surface area contributed by atoms with Crippen molar-refractivity contribution < 1.29 is 14.7 Å². The van der Waals surface area contributed by atoms with E-state index in [1.807, 2.05) is 38.1 Å². The van der Waals surface area contributed by atoms with E-state index in [-0.39, 0.29) is 18.2 Å². The van der Waals surface area contributed by atoms with E-state index in [1.54, 1.807) is 0 Å². The summed E-state index contributed by atoms with van der Waals surface area (Å²) in [7, 11) is 0. The Bertz CT molecular complexity index is 472. The molecule has 1 rings (SSSR count). The number of carbonyl (C=O) groups is 2. The van der Waals surface area contributed by atoms with Gasteiger partial charge in [-0.15, -0.1) is 0 Å². The van der Waals surface area contributed by atoms with Crippen LogP contribution in [0.15, 0.2) is 24.3 Å². The van der Waals surface area contributed by atoms with Crippen LogP contribution in [0.2, 0.25) is 0 Å². The van der Waals surface area contributed by atoms with Gasteiger partial charge in [0.05, 0.1) is 6.42 Å². The normalized spacial score (nSPS) is 12.2. The van der Waals surface area contributed by atoms with E-state index in [4.69, 9.17) is 10.8 Å². The maximum Gasteiger partial charge on any atom is 0.326 e. The number of carboxylic acid groups (broad SMARTS) is 1. The quantitative estimate of drug-likeness (QED) is 0.701. The molecule has 0 bridgehead atoms. The third-order valence-electron chi connectivity index (χ3n) is 3.03. The molecule has 1 atom stereocenters. The van der Waals surface area contributed by atoms with Crippen LogP contribution in [0.4, 0.5) is 0 Å². The summed E-state index contributed by atoms with van der Waals surface area (Å²) in [4.78, 5) is 23.1. The maximum atomic E-state index is 12.0. The van der Waals surface area contributed by atoms with Crippen LogP contribution in [0.25, 0.3) is 0 Å². The second-order valence-corrected chi connectivity index (χ2v) is 5.24. The van der Waals surface area contributed by atoms with Crippen molar-refractivity contribution in [3.8, 4) is 0 Å². The van der Waals surface area contributed by atoms with Crippen LogP contribution in [0, 0.1) is 5.92 Å². The average Bonchev–Trinajstić information content (AvgIpc) is 2.37. The number of carboxylic acids is 1. The Morgan fingerprint density at radius 1 is 1.25 bits per heavy atom. The van der Waals surface area contributed by atoms with Crippen LogP contribution in [-0.4, -0.2) is 23.0 Å². The Morgan fingerprint density at radius 3 is 2.35 bits per heavy atom. The lowest BCUT2D eigenvalue weighted by Crippen LogP contribution is -2.42. The SMILES string of the molecule is CC(C)CC(NC(=O)Cc1ccccc1CN)C(=O)O. The number of nitrogens with two attached hydrogens (primary N) is 1. The standard InChI is InChI=1S/C15H22N2O3/c1-10(2)7-13(15(19)20)17-14(18)8-11-5-3-4-6-12(11)9-16/h3-6,10,13H,7-9,16H2,1-2H3,(H,17,18)(H,19,20). The van der Waals surface area contributed by atoms with Gasteiger partial charge in [-0.2, -0.15) is 0 Å². The lowest BCUT2D eigenvalue weighted by Gasteiger charge is -2.17. The van der Waals surface area contributed by atoms with Gasteiger partial charge in [-0.25, -0.2) is 4.79 Å². The Hall–Kier alpha value is -1.88. The minimum absolute atomic E-state index is 0.148. The first kappa shape index (κ1) is 16.2. The van der Waals surface area contributed by atoms with Crippen LogP contribution in [-0.2, 0) is 22.6 Å². The van der Waals surface area contributed by atoms with Gasteiger partial charge in [0.1, 0.15) is 6.04 Å². The van der Waals surface area contributed by atoms with Crippen molar-refractivity contribution in [1.82, 2.24) is 5.32 Å². The fraction of sp³-hybridized carbons (Fsp3) is 0.467. The predicted molar refractivity (Wildman–Crippen MR) is 77.1 cm³/mol. The molecular weight excluding hydrogens is 256 g/mol. The van der Waals surface area contributed by atoms with E-state index >= 15 is 0 Å². The molecule has 1 aromatic rings. The van der Waals surface area contributed by atoms with Gasteiger partial charge in [0, 0.05) is 6.54 Å². The molecule has 110 valence electrons. The topological polar surface area (TPSA) is 92.4 Å². The van der Waals surface area contributed by atoms with E-state index in [0.29, 0.717) is 13.0 Å². The molecule has 0 fully saturated rings. The summed E-state index contributed by atoms with van der Waals surface area (Å²) < 4.78 is 0. The first-order chi connectivity index (χ1) is 9.43. The van der Waals surface area contributed by atoms with Gasteiger partial charge < -0.3 is 16.2 Å².